The standard InChI is InChI=1S/C33H28N4O3S2/c1-20-10-12-22(13-11-20)25-17-27(23-8-6-5-7-9-23)35-32(26(25)18-34)42-21(2)31(38)37-33-36-28(19-41-33)24-14-15-29(39-3)30(16-24)40-4/h5-17,19,21H,1-4H3,(H,36,37,38). The normalized spacial score (nSPS) is 11.4. The third-order valence-electron chi connectivity index (χ3n) is 6.60. The summed E-state index contributed by atoms with van der Waals surface area (Å²) in [6.07, 6.45) is 0. The Bertz CT molecular complexity index is 1760. The number of benzene rings is 3. The SMILES string of the molecule is COc1ccc(-c2csc(NC(=O)C(C)Sc3nc(-c4ccccc4)cc(-c4ccc(C)cc4)c3C#N)n2)cc1OC. The van der Waals surface area contributed by atoms with Gasteiger partial charge in [0, 0.05) is 22.1 Å². The fraction of sp³-hybridized carbons (Fsp3) is 0.152. The predicted molar refractivity (Wildman–Crippen MR) is 169 cm³/mol. The summed E-state index contributed by atoms with van der Waals surface area (Å²) in [5, 5.41) is 15.4. The first-order chi connectivity index (χ1) is 20.4. The first kappa shape index (κ1) is 28.9. The molecule has 1 amide bonds. The predicted octanol–water partition coefficient (Wildman–Crippen LogP) is 7.86. The van der Waals surface area contributed by atoms with Crippen molar-refractivity contribution in [3.8, 4) is 51.2 Å². The van der Waals surface area contributed by atoms with E-state index in [-0.39, 0.29) is 5.91 Å². The van der Waals surface area contributed by atoms with Crippen LogP contribution in [0.15, 0.2) is 89.3 Å². The first-order valence-corrected chi connectivity index (χ1v) is 14.9. The molecule has 5 rings (SSSR count). The summed E-state index contributed by atoms with van der Waals surface area (Å²) in [4.78, 5) is 22.7. The van der Waals surface area contributed by atoms with Crippen molar-refractivity contribution in [3.63, 3.8) is 0 Å². The number of hydrogen-bond donors (Lipinski definition) is 1. The number of aromatic nitrogens is 2. The second-order valence-electron chi connectivity index (χ2n) is 9.44. The van der Waals surface area contributed by atoms with Gasteiger partial charge < -0.3 is 14.8 Å². The number of nitriles is 1. The van der Waals surface area contributed by atoms with E-state index in [1.165, 1.54) is 23.1 Å². The maximum atomic E-state index is 13.3. The fourth-order valence-corrected chi connectivity index (χ4v) is 5.97. The summed E-state index contributed by atoms with van der Waals surface area (Å²) >= 11 is 2.59. The Kier molecular flexibility index (Phi) is 8.86. The van der Waals surface area contributed by atoms with Gasteiger partial charge >= 0.3 is 0 Å². The smallest absolute Gasteiger partial charge is 0.239 e. The van der Waals surface area contributed by atoms with Crippen LogP contribution in [0, 0.1) is 18.3 Å². The van der Waals surface area contributed by atoms with Crippen LogP contribution in [0.1, 0.15) is 18.1 Å². The second kappa shape index (κ2) is 12.9. The molecule has 3 aromatic carbocycles. The molecule has 0 aliphatic heterocycles. The van der Waals surface area contributed by atoms with Crippen LogP contribution in [0.4, 0.5) is 5.13 Å². The maximum Gasteiger partial charge on any atom is 0.239 e. The summed E-state index contributed by atoms with van der Waals surface area (Å²) < 4.78 is 10.7. The fourth-order valence-electron chi connectivity index (χ4n) is 4.32. The maximum absolute atomic E-state index is 13.3. The van der Waals surface area contributed by atoms with Crippen LogP contribution in [0.2, 0.25) is 0 Å². The van der Waals surface area contributed by atoms with E-state index in [1.54, 1.807) is 21.1 Å². The molecule has 0 saturated carbocycles. The topological polar surface area (TPSA) is 97.1 Å². The van der Waals surface area contributed by atoms with Gasteiger partial charge in [-0.25, -0.2) is 9.97 Å². The Morgan fingerprint density at radius 2 is 1.62 bits per heavy atom. The monoisotopic (exact) mass is 592 g/mol. The third kappa shape index (κ3) is 6.30. The Hall–Kier alpha value is -4.65. The highest BCUT2D eigenvalue weighted by Gasteiger charge is 2.22. The van der Waals surface area contributed by atoms with Crippen LogP contribution in [0.3, 0.4) is 0 Å². The quantitative estimate of drug-likeness (QED) is 0.174. The molecule has 210 valence electrons. The molecule has 0 spiro atoms. The molecule has 5 aromatic rings. The van der Waals surface area contributed by atoms with Crippen LogP contribution in [0.25, 0.3) is 33.6 Å². The molecule has 0 aliphatic carbocycles. The number of amides is 1. The summed E-state index contributed by atoms with van der Waals surface area (Å²) in [5.41, 5.74) is 6.49. The van der Waals surface area contributed by atoms with Crippen molar-refractivity contribution >= 4 is 34.1 Å². The van der Waals surface area contributed by atoms with Crippen molar-refractivity contribution in [2.24, 2.45) is 0 Å². The summed E-state index contributed by atoms with van der Waals surface area (Å²) in [5.74, 6) is 0.992. The number of rotatable bonds is 9. The minimum atomic E-state index is -0.546. The number of ether oxygens (including phenoxy) is 2. The second-order valence-corrected chi connectivity index (χ2v) is 11.6. The summed E-state index contributed by atoms with van der Waals surface area (Å²) in [6.45, 7) is 3.82. The molecule has 1 unspecified atom stereocenters. The van der Waals surface area contributed by atoms with Crippen molar-refractivity contribution in [1.82, 2.24) is 9.97 Å². The molecule has 2 aromatic heterocycles. The number of thioether (sulfide) groups is 1. The number of hydrogen-bond acceptors (Lipinski definition) is 8. The number of aryl methyl sites for hydroxylation is 1. The summed E-state index contributed by atoms with van der Waals surface area (Å²) in [7, 11) is 3.17. The minimum absolute atomic E-state index is 0.235. The number of thiazole rings is 1. The van der Waals surface area contributed by atoms with E-state index in [9.17, 15) is 10.1 Å². The lowest BCUT2D eigenvalue weighted by Gasteiger charge is -2.15. The molecular formula is C33H28N4O3S2. The highest BCUT2D eigenvalue weighted by Crippen LogP contribution is 2.37. The van der Waals surface area contributed by atoms with Crippen LogP contribution in [-0.4, -0.2) is 35.3 Å². The molecule has 7 nitrogen and oxygen atoms in total. The Morgan fingerprint density at radius 1 is 0.905 bits per heavy atom. The zero-order valence-corrected chi connectivity index (χ0v) is 25.2. The molecule has 2 heterocycles. The Balaban J connectivity index is 1.41. The van der Waals surface area contributed by atoms with Gasteiger partial charge in [0.2, 0.25) is 5.91 Å². The third-order valence-corrected chi connectivity index (χ3v) is 8.45. The number of carbonyl (C=O) groups excluding carboxylic acids is 1. The van der Waals surface area contributed by atoms with Crippen molar-refractivity contribution in [2.75, 3.05) is 19.5 Å². The highest BCUT2D eigenvalue weighted by atomic mass is 32.2. The molecule has 9 heteroatoms. The van der Waals surface area contributed by atoms with Gasteiger partial charge in [-0.15, -0.1) is 11.3 Å². The Morgan fingerprint density at radius 3 is 2.31 bits per heavy atom. The zero-order chi connectivity index (χ0) is 29.6. The lowest BCUT2D eigenvalue weighted by atomic mass is 9.98. The van der Waals surface area contributed by atoms with E-state index in [1.807, 2.05) is 91.2 Å². The largest absolute Gasteiger partial charge is 0.493 e. The zero-order valence-electron chi connectivity index (χ0n) is 23.5. The molecule has 0 saturated heterocycles. The highest BCUT2D eigenvalue weighted by molar-refractivity contribution is 8.00. The van der Waals surface area contributed by atoms with E-state index in [2.05, 4.69) is 16.4 Å². The molecule has 1 atom stereocenters. The molecule has 0 fully saturated rings. The van der Waals surface area contributed by atoms with Crippen LogP contribution >= 0.6 is 23.1 Å². The number of pyridine rings is 1. The van der Waals surface area contributed by atoms with Gasteiger partial charge in [0.05, 0.1) is 36.4 Å². The van der Waals surface area contributed by atoms with Crippen molar-refractivity contribution in [1.29, 1.82) is 5.26 Å². The molecule has 42 heavy (non-hydrogen) atoms. The average Bonchev–Trinajstić information content (AvgIpc) is 3.49. The van der Waals surface area contributed by atoms with Gasteiger partial charge in [0.25, 0.3) is 0 Å². The number of methoxy groups -OCH3 is 2. The van der Waals surface area contributed by atoms with E-state index >= 15 is 0 Å². The minimum Gasteiger partial charge on any atom is -0.493 e. The van der Waals surface area contributed by atoms with Crippen molar-refractivity contribution in [3.05, 3.63) is 95.4 Å². The van der Waals surface area contributed by atoms with E-state index in [0.29, 0.717) is 32.9 Å². The van der Waals surface area contributed by atoms with Gasteiger partial charge in [-0.3, -0.25) is 4.79 Å². The number of nitrogens with one attached hydrogen (secondary N) is 1. The lowest BCUT2D eigenvalue weighted by molar-refractivity contribution is -0.115. The molecule has 1 N–H and O–H groups in total. The van der Waals surface area contributed by atoms with Gasteiger partial charge in [0.1, 0.15) is 11.1 Å². The van der Waals surface area contributed by atoms with Crippen molar-refractivity contribution in [2.45, 2.75) is 24.1 Å². The first-order valence-electron chi connectivity index (χ1n) is 13.1. The number of carbonyl (C=O) groups is 1. The van der Waals surface area contributed by atoms with E-state index in [0.717, 1.165) is 33.5 Å². The van der Waals surface area contributed by atoms with Gasteiger partial charge in [-0.2, -0.15) is 5.26 Å². The van der Waals surface area contributed by atoms with Crippen LogP contribution < -0.4 is 14.8 Å². The number of nitrogens with zero attached hydrogens (tertiary/aromatic N) is 3. The van der Waals surface area contributed by atoms with E-state index < -0.39 is 5.25 Å². The lowest BCUT2D eigenvalue weighted by Crippen LogP contribution is -2.22. The Labute approximate surface area is 253 Å². The molecule has 0 aliphatic rings. The molecular weight excluding hydrogens is 565 g/mol. The summed E-state index contributed by atoms with van der Waals surface area (Å²) in [6, 6.07) is 27.7. The number of anilines is 1. The molecule has 0 bridgehead atoms. The molecule has 0 radical (unpaired) electrons. The van der Waals surface area contributed by atoms with Crippen molar-refractivity contribution < 1.29 is 14.3 Å². The van der Waals surface area contributed by atoms with E-state index in [4.69, 9.17) is 14.5 Å². The van der Waals surface area contributed by atoms with Gasteiger partial charge in [-0.1, -0.05) is 71.9 Å². The van der Waals surface area contributed by atoms with Crippen LogP contribution in [0.5, 0.6) is 11.5 Å². The van der Waals surface area contributed by atoms with Gasteiger partial charge in [-0.05, 0) is 43.7 Å². The average molecular weight is 593 g/mol. The van der Waals surface area contributed by atoms with Crippen LogP contribution in [-0.2, 0) is 4.79 Å². The van der Waals surface area contributed by atoms with Gasteiger partial charge in [0.15, 0.2) is 16.6 Å².